The zero-order chi connectivity index (χ0) is 18.7. The van der Waals surface area contributed by atoms with E-state index in [1.165, 1.54) is 0 Å². The number of halogens is 3. The Hall–Kier alpha value is -0.893. The van der Waals surface area contributed by atoms with Crippen molar-refractivity contribution >= 4 is 8.80 Å². The fraction of sp³-hybridized carbons (Fsp3) is 0.667. The number of hydrogen-bond donors (Lipinski definition) is 0. The zero-order valence-corrected chi connectivity index (χ0v) is 16.4. The molecule has 1 rings (SSSR count). The third-order valence-electron chi connectivity index (χ3n) is 3.59. The first kappa shape index (κ1) is 22.1. The quantitative estimate of drug-likeness (QED) is 0.439. The maximum atomic E-state index is 13.8. The highest BCUT2D eigenvalue weighted by Crippen LogP contribution is 2.23. The maximum Gasteiger partial charge on any atom is 0.500 e. The largest absolute Gasteiger partial charge is 0.500 e. The Kier molecular flexibility index (Phi) is 10.3. The lowest BCUT2D eigenvalue weighted by molar-refractivity contribution is 0.0587. The minimum atomic E-state index is -2.88. The van der Waals surface area contributed by atoms with Crippen LogP contribution in [0.5, 0.6) is 0 Å². The van der Waals surface area contributed by atoms with Crippen molar-refractivity contribution in [3.8, 4) is 0 Å². The van der Waals surface area contributed by atoms with Crippen molar-refractivity contribution in [2.45, 2.75) is 58.9 Å². The van der Waals surface area contributed by atoms with Crippen molar-refractivity contribution in [3.63, 3.8) is 0 Å². The Labute approximate surface area is 149 Å². The van der Waals surface area contributed by atoms with Crippen LogP contribution in [-0.4, -0.2) is 28.6 Å². The van der Waals surface area contributed by atoms with Crippen LogP contribution in [0.3, 0.4) is 0 Å². The summed E-state index contributed by atoms with van der Waals surface area (Å²) in [6.07, 6.45) is 3.10. The summed E-state index contributed by atoms with van der Waals surface area (Å²) in [6, 6.07) is 1.89. The first-order valence-corrected chi connectivity index (χ1v) is 11.0. The van der Waals surface area contributed by atoms with E-state index in [0.717, 1.165) is 19.3 Å². The second-order valence-corrected chi connectivity index (χ2v) is 8.66. The molecular formula is C18H29F3O3Si. The smallest absolute Gasteiger partial charge is 0.373 e. The van der Waals surface area contributed by atoms with Gasteiger partial charge in [-0.3, -0.25) is 0 Å². The summed E-state index contributed by atoms with van der Waals surface area (Å²) in [5.74, 6) is -2.63. The van der Waals surface area contributed by atoms with Gasteiger partial charge in [-0.25, -0.2) is 13.2 Å². The second kappa shape index (κ2) is 11.7. The number of rotatable bonds is 13. The Morgan fingerprint density at radius 1 is 0.800 bits per heavy atom. The molecule has 0 bridgehead atoms. The molecule has 1 aromatic rings. The van der Waals surface area contributed by atoms with E-state index in [2.05, 4.69) is 0 Å². The van der Waals surface area contributed by atoms with E-state index in [4.69, 9.17) is 13.3 Å². The Balaban J connectivity index is 2.78. The van der Waals surface area contributed by atoms with Crippen LogP contribution in [-0.2, 0) is 19.7 Å². The van der Waals surface area contributed by atoms with Crippen molar-refractivity contribution in [2.75, 3.05) is 19.8 Å². The average molecular weight is 379 g/mol. The van der Waals surface area contributed by atoms with Crippen LogP contribution in [0.2, 0.25) is 6.04 Å². The second-order valence-electron chi connectivity index (χ2n) is 5.93. The van der Waals surface area contributed by atoms with Gasteiger partial charge in [-0.15, -0.1) is 0 Å². The molecule has 3 nitrogen and oxygen atoms in total. The van der Waals surface area contributed by atoms with Crippen molar-refractivity contribution in [3.05, 3.63) is 35.1 Å². The molecule has 1 aromatic carbocycles. The van der Waals surface area contributed by atoms with E-state index in [1.807, 2.05) is 20.8 Å². The Morgan fingerprint density at radius 3 is 1.64 bits per heavy atom. The van der Waals surface area contributed by atoms with Gasteiger partial charge in [0.1, 0.15) is 17.5 Å². The average Bonchev–Trinajstić information content (AvgIpc) is 2.58. The Bertz CT molecular complexity index is 470. The number of benzene rings is 1. The minimum Gasteiger partial charge on any atom is -0.373 e. The topological polar surface area (TPSA) is 27.7 Å². The summed E-state index contributed by atoms with van der Waals surface area (Å²) in [6.45, 7) is 7.59. The van der Waals surface area contributed by atoms with E-state index >= 15 is 0 Å². The summed E-state index contributed by atoms with van der Waals surface area (Å²) in [7, 11) is -2.88. The molecule has 0 aliphatic rings. The van der Waals surface area contributed by atoms with Crippen LogP contribution in [0, 0.1) is 17.5 Å². The summed E-state index contributed by atoms with van der Waals surface area (Å²) >= 11 is 0. The van der Waals surface area contributed by atoms with E-state index < -0.39 is 26.3 Å². The number of hydrogen-bond acceptors (Lipinski definition) is 3. The van der Waals surface area contributed by atoms with Gasteiger partial charge in [-0.2, -0.15) is 0 Å². The predicted molar refractivity (Wildman–Crippen MR) is 93.9 cm³/mol. The van der Waals surface area contributed by atoms with Gasteiger partial charge in [0, 0.05) is 43.6 Å². The minimum absolute atomic E-state index is 0.106. The SMILES string of the molecule is CCCO[Si](CCCc1c(F)cc(F)cc1F)(OCCC)OCCC. The lowest BCUT2D eigenvalue weighted by Gasteiger charge is -2.29. The van der Waals surface area contributed by atoms with Crippen LogP contribution in [0.1, 0.15) is 52.0 Å². The molecule has 0 aromatic heterocycles. The molecule has 0 unspecified atom stereocenters. The van der Waals surface area contributed by atoms with Crippen LogP contribution in [0.15, 0.2) is 12.1 Å². The van der Waals surface area contributed by atoms with Crippen LogP contribution < -0.4 is 0 Å². The van der Waals surface area contributed by atoms with Crippen molar-refractivity contribution in [1.29, 1.82) is 0 Å². The molecule has 25 heavy (non-hydrogen) atoms. The van der Waals surface area contributed by atoms with Crippen molar-refractivity contribution in [1.82, 2.24) is 0 Å². The molecule has 7 heteroatoms. The van der Waals surface area contributed by atoms with Gasteiger partial charge in [0.2, 0.25) is 0 Å². The molecule has 0 saturated carbocycles. The monoisotopic (exact) mass is 378 g/mol. The molecule has 144 valence electrons. The normalized spacial score (nSPS) is 11.9. The molecule has 0 spiro atoms. The lowest BCUT2D eigenvalue weighted by atomic mass is 10.1. The van der Waals surface area contributed by atoms with Gasteiger partial charge in [0.15, 0.2) is 0 Å². The van der Waals surface area contributed by atoms with E-state index in [1.54, 1.807) is 0 Å². The highest BCUT2D eigenvalue weighted by Gasteiger charge is 2.40. The zero-order valence-electron chi connectivity index (χ0n) is 15.4. The van der Waals surface area contributed by atoms with Crippen molar-refractivity contribution in [2.24, 2.45) is 0 Å². The highest BCUT2D eigenvalue weighted by atomic mass is 28.4. The molecule has 0 atom stereocenters. The van der Waals surface area contributed by atoms with Gasteiger partial charge >= 0.3 is 8.80 Å². The Morgan fingerprint density at radius 2 is 1.24 bits per heavy atom. The molecule has 0 saturated heterocycles. The van der Waals surface area contributed by atoms with E-state index in [9.17, 15) is 13.2 Å². The van der Waals surface area contributed by atoms with E-state index in [-0.39, 0.29) is 12.0 Å². The molecule has 0 aliphatic heterocycles. The third-order valence-corrected chi connectivity index (χ3v) is 6.49. The molecule has 0 fully saturated rings. The molecule has 0 heterocycles. The van der Waals surface area contributed by atoms with Gasteiger partial charge in [0.05, 0.1) is 0 Å². The summed E-state index contributed by atoms with van der Waals surface area (Å²) in [5, 5.41) is 0. The first-order chi connectivity index (χ1) is 12.0. The predicted octanol–water partition coefficient (Wildman–Crippen LogP) is 5.26. The van der Waals surface area contributed by atoms with Crippen LogP contribution in [0.4, 0.5) is 13.2 Å². The maximum absolute atomic E-state index is 13.8. The van der Waals surface area contributed by atoms with E-state index in [0.29, 0.717) is 44.4 Å². The summed E-state index contributed by atoms with van der Waals surface area (Å²) in [5.41, 5.74) is -0.106. The first-order valence-electron chi connectivity index (χ1n) is 9.03. The summed E-state index contributed by atoms with van der Waals surface area (Å²) < 4.78 is 58.4. The fourth-order valence-corrected chi connectivity index (χ4v) is 5.24. The highest BCUT2D eigenvalue weighted by molar-refractivity contribution is 6.60. The standard InChI is InChI=1S/C18H29F3O3Si/c1-4-9-22-25(23-10-5-2,24-11-6-3)12-7-8-16-17(20)13-15(19)14-18(16)21/h13-14H,4-12H2,1-3H3. The van der Waals surface area contributed by atoms with Gasteiger partial charge in [0.25, 0.3) is 0 Å². The molecule has 0 amide bonds. The van der Waals surface area contributed by atoms with Gasteiger partial charge < -0.3 is 13.3 Å². The summed E-state index contributed by atoms with van der Waals surface area (Å²) in [4.78, 5) is 0. The van der Waals surface area contributed by atoms with Crippen LogP contribution >= 0.6 is 0 Å². The third kappa shape index (κ3) is 7.48. The van der Waals surface area contributed by atoms with Crippen molar-refractivity contribution < 1.29 is 26.4 Å². The molecule has 0 aliphatic carbocycles. The molecule has 0 radical (unpaired) electrons. The van der Waals surface area contributed by atoms with Gasteiger partial charge in [-0.05, 0) is 32.1 Å². The molecular weight excluding hydrogens is 349 g/mol. The van der Waals surface area contributed by atoms with Crippen LogP contribution in [0.25, 0.3) is 0 Å². The fourth-order valence-electron chi connectivity index (χ4n) is 2.41. The molecule has 0 N–H and O–H groups in total. The van der Waals surface area contributed by atoms with Gasteiger partial charge in [-0.1, -0.05) is 20.8 Å². The lowest BCUT2D eigenvalue weighted by Crippen LogP contribution is -2.46.